The quantitative estimate of drug-likeness (QED) is 0.172. The Kier molecular flexibility index (Phi) is 8.20. The van der Waals surface area contributed by atoms with Gasteiger partial charge in [0.15, 0.2) is 0 Å². The van der Waals surface area contributed by atoms with Gasteiger partial charge in [0.25, 0.3) is 0 Å². The van der Waals surface area contributed by atoms with E-state index in [0.29, 0.717) is 5.95 Å². The van der Waals surface area contributed by atoms with Crippen molar-refractivity contribution in [2.75, 3.05) is 0 Å². The zero-order valence-corrected chi connectivity index (χ0v) is 38.2. The number of nitrogens with zero attached hydrogens (tertiary/aromatic N) is 4. The van der Waals surface area contributed by atoms with E-state index >= 15 is 0 Å². The fourth-order valence-electron chi connectivity index (χ4n) is 11.2. The molecule has 0 amide bonds. The Morgan fingerprint density at radius 2 is 1.16 bits per heavy atom. The van der Waals surface area contributed by atoms with Gasteiger partial charge in [-0.2, -0.15) is 0 Å². The van der Waals surface area contributed by atoms with Crippen LogP contribution < -0.4 is 0 Å². The first-order chi connectivity index (χ1) is 33.7. The van der Waals surface area contributed by atoms with Crippen LogP contribution in [0.2, 0.25) is 0 Å². The molecule has 5 heterocycles. The first kappa shape index (κ1) is 38.0. The van der Waals surface area contributed by atoms with Crippen molar-refractivity contribution in [1.29, 1.82) is 0 Å². The summed E-state index contributed by atoms with van der Waals surface area (Å²) in [4.78, 5) is 12.3. The number of hydrogen-bond donors (Lipinski definition) is 0. The van der Waals surface area contributed by atoms with E-state index in [9.17, 15) is 0 Å². The van der Waals surface area contributed by atoms with Crippen molar-refractivity contribution in [1.82, 2.24) is 19.1 Å². The van der Waals surface area contributed by atoms with Crippen LogP contribution >= 0.6 is 22.7 Å². The molecule has 1 atom stereocenters. The van der Waals surface area contributed by atoms with E-state index in [4.69, 9.17) is 9.97 Å². The van der Waals surface area contributed by atoms with Gasteiger partial charge >= 0.3 is 0 Å². The summed E-state index contributed by atoms with van der Waals surface area (Å²) in [5.74, 6) is 0.662. The van der Waals surface area contributed by atoms with Gasteiger partial charge in [0.1, 0.15) is 0 Å². The van der Waals surface area contributed by atoms with Crippen molar-refractivity contribution in [2.24, 2.45) is 0 Å². The summed E-state index contributed by atoms with van der Waals surface area (Å²) < 4.78 is 8.53. The standard InChI is InChI=1S/C62H38N4S2/c1-3-16-39(17-4-1)56-36-49-61(68-56)60(41-29-33-55-47(35-41)46-22-11-12-25-54(46)67-55)64-62(63-49)66-50-30-28-40(34-48(50)57-43-20-9-7-14-37(43)26-31-52(57)66)45-23-13-24-51-59(45)58-44-21-10-8-15-38(44)27-32-53(58)65(51)42-18-5-2-6-19-42/h1-18,20-36,42H,19H2. The van der Waals surface area contributed by atoms with Gasteiger partial charge < -0.3 is 4.57 Å². The molecule has 0 aliphatic heterocycles. The lowest BCUT2D eigenvalue weighted by atomic mass is 9.95. The van der Waals surface area contributed by atoms with E-state index in [1.165, 1.54) is 95.9 Å². The lowest BCUT2D eigenvalue weighted by Gasteiger charge is -2.18. The summed E-state index contributed by atoms with van der Waals surface area (Å²) in [6.45, 7) is 0. The molecule has 0 radical (unpaired) electrons. The molecule has 1 aliphatic carbocycles. The Labute approximate surface area is 398 Å². The number of rotatable bonds is 5. The van der Waals surface area contributed by atoms with Crippen LogP contribution in [0.4, 0.5) is 0 Å². The predicted octanol–water partition coefficient (Wildman–Crippen LogP) is 17.6. The SMILES string of the molecule is C1=CCC(n2c3cccc(-c4ccc5c(c4)c4c6ccccc6ccc4n5-c4nc(-c5ccc6sc7ccccc7c6c5)c5sc(-c6ccccc6)cc5n4)c3c3c4ccccc4ccc32)C=C1. The molecule has 0 bridgehead atoms. The average molecular weight is 903 g/mol. The van der Waals surface area contributed by atoms with Gasteiger partial charge in [0.05, 0.1) is 44.0 Å². The molecule has 0 saturated carbocycles. The Balaban J connectivity index is 1.01. The Hall–Kier alpha value is -8.16. The first-order valence-corrected chi connectivity index (χ1v) is 24.9. The molecule has 6 heteroatoms. The molecular weight excluding hydrogens is 865 g/mol. The Morgan fingerprint density at radius 1 is 0.456 bits per heavy atom. The van der Waals surface area contributed by atoms with E-state index < -0.39 is 0 Å². The molecule has 0 spiro atoms. The van der Waals surface area contributed by atoms with Crippen LogP contribution in [0.3, 0.4) is 0 Å². The highest BCUT2D eigenvalue weighted by Gasteiger charge is 2.24. The van der Waals surface area contributed by atoms with Crippen LogP contribution in [0.15, 0.2) is 212 Å². The molecule has 5 aromatic heterocycles. The Morgan fingerprint density at radius 3 is 2.00 bits per heavy atom. The second kappa shape index (κ2) is 14.7. The van der Waals surface area contributed by atoms with E-state index in [2.05, 4.69) is 221 Å². The van der Waals surface area contributed by atoms with Crippen LogP contribution in [0.1, 0.15) is 12.5 Å². The van der Waals surface area contributed by atoms with Gasteiger partial charge in [-0.1, -0.05) is 158 Å². The van der Waals surface area contributed by atoms with Crippen LogP contribution in [0.5, 0.6) is 0 Å². The van der Waals surface area contributed by atoms with Crippen molar-refractivity contribution in [3.8, 4) is 38.8 Å². The number of benzene rings is 9. The molecular formula is C62H38N4S2. The highest BCUT2D eigenvalue weighted by molar-refractivity contribution is 7.25. The molecule has 318 valence electrons. The second-order valence-electron chi connectivity index (χ2n) is 18.0. The molecule has 0 saturated heterocycles. The second-order valence-corrected chi connectivity index (χ2v) is 20.1. The smallest absolute Gasteiger partial charge is 0.235 e. The van der Waals surface area contributed by atoms with Gasteiger partial charge in [-0.15, -0.1) is 22.7 Å². The van der Waals surface area contributed by atoms with Crippen molar-refractivity contribution in [3.05, 3.63) is 212 Å². The van der Waals surface area contributed by atoms with Crippen LogP contribution in [-0.4, -0.2) is 19.1 Å². The monoisotopic (exact) mass is 902 g/mol. The summed E-state index contributed by atoms with van der Waals surface area (Å²) in [6.07, 6.45) is 9.95. The Bertz CT molecular complexity index is 4480. The molecule has 15 rings (SSSR count). The average Bonchev–Trinajstić information content (AvgIpc) is 4.18. The molecule has 1 aliphatic rings. The van der Waals surface area contributed by atoms with Gasteiger partial charge in [0.2, 0.25) is 5.95 Å². The zero-order valence-electron chi connectivity index (χ0n) is 36.6. The van der Waals surface area contributed by atoms with Crippen LogP contribution in [-0.2, 0) is 0 Å². The minimum Gasteiger partial charge on any atom is -0.333 e. The van der Waals surface area contributed by atoms with Gasteiger partial charge in [-0.3, -0.25) is 4.57 Å². The summed E-state index contributed by atoms with van der Waals surface area (Å²) in [5.41, 5.74) is 11.2. The third-order valence-corrected chi connectivity index (χ3v) is 16.6. The van der Waals surface area contributed by atoms with Crippen LogP contribution in [0.25, 0.3) is 134 Å². The summed E-state index contributed by atoms with van der Waals surface area (Å²) >= 11 is 3.61. The van der Waals surface area contributed by atoms with E-state index in [-0.39, 0.29) is 6.04 Å². The lowest BCUT2D eigenvalue weighted by Crippen LogP contribution is -2.06. The molecule has 4 nitrogen and oxygen atoms in total. The fourth-order valence-corrected chi connectivity index (χ4v) is 13.4. The first-order valence-electron chi connectivity index (χ1n) is 23.2. The summed E-state index contributed by atoms with van der Waals surface area (Å²) in [6, 6.07) is 69.4. The highest BCUT2D eigenvalue weighted by Crippen LogP contribution is 2.46. The van der Waals surface area contributed by atoms with E-state index in [0.717, 1.165) is 38.9 Å². The molecule has 68 heavy (non-hydrogen) atoms. The number of hydrogen-bond acceptors (Lipinski definition) is 4. The van der Waals surface area contributed by atoms with Crippen molar-refractivity contribution < 1.29 is 0 Å². The molecule has 0 fully saturated rings. The number of allylic oxidation sites excluding steroid dienone is 4. The highest BCUT2D eigenvalue weighted by atomic mass is 32.1. The topological polar surface area (TPSA) is 35.6 Å². The maximum absolute atomic E-state index is 5.66. The fraction of sp³-hybridized carbons (Fsp3) is 0.0323. The third kappa shape index (κ3) is 5.59. The van der Waals surface area contributed by atoms with Crippen molar-refractivity contribution >= 4 is 118 Å². The molecule has 1 unspecified atom stereocenters. The third-order valence-electron chi connectivity index (χ3n) is 14.2. The number of aromatic nitrogens is 4. The van der Waals surface area contributed by atoms with E-state index in [1.807, 2.05) is 11.3 Å². The zero-order chi connectivity index (χ0) is 44.5. The molecule has 0 N–H and O–H groups in total. The van der Waals surface area contributed by atoms with Gasteiger partial charge in [0, 0.05) is 52.2 Å². The number of thiophene rings is 2. The summed E-state index contributed by atoms with van der Waals surface area (Å²) in [7, 11) is 0. The minimum absolute atomic E-state index is 0.226. The number of fused-ring (bicyclic) bond motifs is 14. The van der Waals surface area contributed by atoms with Gasteiger partial charge in [-0.05, 0) is 99.3 Å². The maximum Gasteiger partial charge on any atom is 0.235 e. The van der Waals surface area contributed by atoms with E-state index in [1.54, 1.807) is 11.3 Å². The van der Waals surface area contributed by atoms with Crippen molar-refractivity contribution in [3.63, 3.8) is 0 Å². The van der Waals surface area contributed by atoms with Crippen molar-refractivity contribution in [2.45, 2.75) is 12.5 Å². The van der Waals surface area contributed by atoms with Gasteiger partial charge in [-0.25, -0.2) is 9.97 Å². The maximum atomic E-state index is 5.66. The summed E-state index contributed by atoms with van der Waals surface area (Å²) in [5, 5.41) is 12.4. The molecule has 14 aromatic rings. The normalized spacial score (nSPS) is 14.1. The minimum atomic E-state index is 0.226. The van der Waals surface area contributed by atoms with Crippen LogP contribution in [0, 0.1) is 0 Å². The lowest BCUT2D eigenvalue weighted by molar-refractivity contribution is 0.648. The largest absolute Gasteiger partial charge is 0.333 e. The molecule has 9 aromatic carbocycles. The predicted molar refractivity (Wildman–Crippen MR) is 291 cm³/mol.